The molecule has 102 valence electrons. The van der Waals surface area contributed by atoms with Gasteiger partial charge in [0.1, 0.15) is 6.10 Å². The maximum Gasteiger partial charge on any atom is 0.246 e. The molecule has 3 aliphatic heterocycles. The van der Waals surface area contributed by atoms with Crippen LogP contribution in [0.1, 0.15) is 32.1 Å². The highest BCUT2D eigenvalue weighted by atomic mass is 16.5. The zero-order chi connectivity index (χ0) is 13.0. The largest absolute Gasteiger partial charge is 0.475 e. The van der Waals surface area contributed by atoms with E-state index in [0.29, 0.717) is 18.2 Å². The zero-order valence-corrected chi connectivity index (χ0v) is 10.9. The SMILES string of the molecule is NC(=O)C1=CN2C=C3OC4CCC(C4)N3CC2CC1. The Morgan fingerprint density at radius 2 is 2.16 bits per heavy atom. The Morgan fingerprint density at radius 1 is 1.26 bits per heavy atom. The number of hydrogen-bond acceptors (Lipinski definition) is 4. The smallest absolute Gasteiger partial charge is 0.246 e. The Hall–Kier alpha value is -1.65. The number of hydrogen-bond donors (Lipinski definition) is 1. The van der Waals surface area contributed by atoms with Crippen molar-refractivity contribution in [3.63, 3.8) is 0 Å². The number of rotatable bonds is 1. The van der Waals surface area contributed by atoms with Crippen molar-refractivity contribution in [2.45, 2.75) is 50.3 Å². The minimum atomic E-state index is -0.302. The van der Waals surface area contributed by atoms with Crippen LogP contribution < -0.4 is 5.73 Å². The van der Waals surface area contributed by atoms with Crippen molar-refractivity contribution >= 4 is 5.91 Å². The third kappa shape index (κ3) is 1.71. The van der Waals surface area contributed by atoms with Gasteiger partial charge in [0.25, 0.3) is 0 Å². The third-order valence-electron chi connectivity index (χ3n) is 4.82. The number of ether oxygens (including phenoxy) is 1. The molecule has 4 aliphatic rings. The molecule has 3 atom stereocenters. The van der Waals surface area contributed by atoms with Crippen molar-refractivity contribution in [2.24, 2.45) is 5.73 Å². The molecule has 2 N–H and O–H groups in total. The van der Waals surface area contributed by atoms with E-state index in [-0.39, 0.29) is 5.91 Å². The summed E-state index contributed by atoms with van der Waals surface area (Å²) in [5.41, 5.74) is 6.10. The van der Waals surface area contributed by atoms with E-state index in [2.05, 4.69) is 16.0 Å². The van der Waals surface area contributed by atoms with Gasteiger partial charge in [-0.15, -0.1) is 0 Å². The zero-order valence-electron chi connectivity index (χ0n) is 10.9. The first-order valence-electron chi connectivity index (χ1n) is 7.14. The highest BCUT2D eigenvalue weighted by molar-refractivity contribution is 5.91. The van der Waals surface area contributed by atoms with Crippen molar-refractivity contribution in [1.82, 2.24) is 9.80 Å². The molecule has 2 bridgehead atoms. The van der Waals surface area contributed by atoms with Crippen LogP contribution in [0, 0.1) is 0 Å². The number of carbonyl (C=O) groups is 1. The van der Waals surface area contributed by atoms with E-state index in [1.54, 1.807) is 0 Å². The Bertz CT molecular complexity index is 485. The topological polar surface area (TPSA) is 58.8 Å². The van der Waals surface area contributed by atoms with E-state index in [1.165, 1.54) is 19.3 Å². The maximum absolute atomic E-state index is 11.3. The highest BCUT2D eigenvalue weighted by Crippen LogP contribution is 2.39. The fourth-order valence-electron chi connectivity index (χ4n) is 3.76. The second kappa shape index (κ2) is 3.92. The molecule has 1 amide bonds. The van der Waals surface area contributed by atoms with Gasteiger partial charge >= 0.3 is 0 Å². The summed E-state index contributed by atoms with van der Waals surface area (Å²) >= 11 is 0. The lowest BCUT2D eigenvalue weighted by Gasteiger charge is -2.46. The Morgan fingerprint density at radius 3 is 3.00 bits per heavy atom. The van der Waals surface area contributed by atoms with Gasteiger partial charge in [0.15, 0.2) is 0 Å². The number of fused-ring (bicyclic) bond motifs is 5. The second-order valence-electron chi connectivity index (χ2n) is 5.98. The van der Waals surface area contributed by atoms with Crippen molar-refractivity contribution in [3.8, 4) is 0 Å². The lowest BCUT2D eigenvalue weighted by molar-refractivity contribution is -0.115. The summed E-state index contributed by atoms with van der Waals surface area (Å²) in [6, 6.07) is 1.11. The molecule has 5 heteroatoms. The average Bonchev–Trinajstić information content (AvgIpc) is 2.79. The number of nitrogens with zero attached hydrogens (tertiary/aromatic N) is 2. The summed E-state index contributed by atoms with van der Waals surface area (Å²) in [6.07, 6.45) is 9.73. The molecule has 0 spiro atoms. The van der Waals surface area contributed by atoms with E-state index in [4.69, 9.17) is 10.5 Å². The monoisotopic (exact) mass is 261 g/mol. The normalized spacial score (nSPS) is 35.9. The quantitative estimate of drug-likeness (QED) is 0.761. The molecule has 1 saturated carbocycles. The molecule has 0 aromatic carbocycles. The predicted molar refractivity (Wildman–Crippen MR) is 69.4 cm³/mol. The predicted octanol–water partition coefficient (Wildman–Crippen LogP) is 0.886. The van der Waals surface area contributed by atoms with E-state index < -0.39 is 0 Å². The van der Waals surface area contributed by atoms with Crippen molar-refractivity contribution in [2.75, 3.05) is 6.54 Å². The molecule has 1 aliphatic carbocycles. The van der Waals surface area contributed by atoms with Crippen LogP contribution in [0.5, 0.6) is 0 Å². The van der Waals surface area contributed by atoms with Crippen LogP contribution in [-0.4, -0.2) is 40.4 Å². The summed E-state index contributed by atoms with van der Waals surface area (Å²) in [5, 5.41) is 0. The lowest BCUT2D eigenvalue weighted by Crippen LogP contribution is -2.51. The maximum atomic E-state index is 11.3. The summed E-state index contributed by atoms with van der Waals surface area (Å²) in [5.74, 6) is 0.681. The number of amides is 1. The number of nitrogens with two attached hydrogens (primary N) is 1. The second-order valence-corrected chi connectivity index (χ2v) is 5.98. The summed E-state index contributed by atoms with van der Waals surface area (Å²) in [7, 11) is 0. The molecule has 4 rings (SSSR count). The molecule has 0 radical (unpaired) electrons. The van der Waals surface area contributed by atoms with E-state index >= 15 is 0 Å². The van der Waals surface area contributed by atoms with Gasteiger partial charge < -0.3 is 20.3 Å². The van der Waals surface area contributed by atoms with Gasteiger partial charge in [-0.2, -0.15) is 0 Å². The molecule has 19 heavy (non-hydrogen) atoms. The Kier molecular flexibility index (Phi) is 2.31. The summed E-state index contributed by atoms with van der Waals surface area (Å²) in [4.78, 5) is 15.8. The van der Waals surface area contributed by atoms with Gasteiger partial charge in [0, 0.05) is 30.8 Å². The van der Waals surface area contributed by atoms with Gasteiger partial charge in [-0.25, -0.2) is 0 Å². The standard InChI is InChI=1S/C14H19N3O2/c15-14(18)9-1-2-11-7-17-10-3-4-12(5-10)19-13(17)8-16(11)6-9/h6,8,10-12H,1-5,7H2,(H2,15,18). The molecular weight excluding hydrogens is 242 g/mol. The van der Waals surface area contributed by atoms with Crippen LogP contribution in [-0.2, 0) is 9.53 Å². The first-order chi connectivity index (χ1) is 9.20. The molecular formula is C14H19N3O2. The first-order valence-corrected chi connectivity index (χ1v) is 7.14. The minimum Gasteiger partial charge on any atom is -0.475 e. The molecule has 0 aromatic heterocycles. The lowest BCUT2D eigenvalue weighted by atomic mass is 9.97. The average molecular weight is 261 g/mol. The molecule has 3 unspecified atom stereocenters. The van der Waals surface area contributed by atoms with Gasteiger partial charge in [0.2, 0.25) is 11.8 Å². The molecule has 3 heterocycles. The number of carbonyl (C=O) groups excluding carboxylic acids is 1. The number of primary amides is 1. The van der Waals surface area contributed by atoms with Crippen molar-refractivity contribution in [1.29, 1.82) is 0 Å². The fourth-order valence-corrected chi connectivity index (χ4v) is 3.76. The summed E-state index contributed by atoms with van der Waals surface area (Å²) < 4.78 is 6.03. The fraction of sp³-hybridized carbons (Fsp3) is 0.643. The third-order valence-corrected chi connectivity index (χ3v) is 4.82. The minimum absolute atomic E-state index is 0.302. The van der Waals surface area contributed by atoms with Crippen LogP contribution in [0.25, 0.3) is 0 Å². The van der Waals surface area contributed by atoms with E-state index in [1.807, 2.05) is 6.20 Å². The van der Waals surface area contributed by atoms with Crippen LogP contribution in [0.4, 0.5) is 0 Å². The van der Waals surface area contributed by atoms with Crippen LogP contribution in [0.15, 0.2) is 23.9 Å². The van der Waals surface area contributed by atoms with Crippen LogP contribution in [0.3, 0.4) is 0 Å². The van der Waals surface area contributed by atoms with Gasteiger partial charge in [-0.05, 0) is 25.7 Å². The van der Waals surface area contributed by atoms with Crippen molar-refractivity contribution in [3.05, 3.63) is 23.9 Å². The van der Waals surface area contributed by atoms with Gasteiger partial charge in [-0.3, -0.25) is 4.79 Å². The Balaban J connectivity index is 1.65. The van der Waals surface area contributed by atoms with Gasteiger partial charge in [-0.1, -0.05) is 0 Å². The van der Waals surface area contributed by atoms with Crippen LogP contribution in [0.2, 0.25) is 0 Å². The summed E-state index contributed by atoms with van der Waals surface area (Å²) in [6.45, 7) is 1.01. The first kappa shape index (κ1) is 11.2. The highest BCUT2D eigenvalue weighted by Gasteiger charge is 2.42. The Labute approximate surface area is 112 Å². The van der Waals surface area contributed by atoms with E-state index in [0.717, 1.165) is 30.8 Å². The van der Waals surface area contributed by atoms with E-state index in [9.17, 15) is 4.79 Å². The molecule has 5 nitrogen and oxygen atoms in total. The van der Waals surface area contributed by atoms with Gasteiger partial charge in [0.05, 0.1) is 12.2 Å². The van der Waals surface area contributed by atoms with Crippen molar-refractivity contribution < 1.29 is 9.53 Å². The molecule has 2 fully saturated rings. The molecule has 0 aromatic rings. The van der Waals surface area contributed by atoms with Crippen LogP contribution >= 0.6 is 0 Å². The molecule has 1 saturated heterocycles.